The van der Waals surface area contributed by atoms with Gasteiger partial charge in [0.25, 0.3) is 5.91 Å². The van der Waals surface area contributed by atoms with E-state index in [4.69, 9.17) is 0 Å². The second kappa shape index (κ2) is 6.75. The molecule has 5 heteroatoms. The van der Waals surface area contributed by atoms with Crippen LogP contribution in [0.15, 0.2) is 23.1 Å². The second-order valence-electron chi connectivity index (χ2n) is 4.49. The van der Waals surface area contributed by atoms with Crippen molar-refractivity contribution in [1.29, 1.82) is 0 Å². The van der Waals surface area contributed by atoms with Crippen LogP contribution in [0, 0.1) is 5.82 Å². The fraction of sp³-hybridized carbons (Fsp3) is 0.462. The van der Waals surface area contributed by atoms with Crippen molar-refractivity contribution in [2.75, 3.05) is 20.1 Å². The van der Waals surface area contributed by atoms with E-state index in [9.17, 15) is 9.18 Å². The third kappa shape index (κ3) is 4.31. The molecule has 1 aromatic carbocycles. The van der Waals surface area contributed by atoms with Crippen LogP contribution in [-0.4, -0.2) is 37.0 Å². The zero-order valence-electron chi connectivity index (χ0n) is 10.9. The summed E-state index contributed by atoms with van der Waals surface area (Å²) in [6.07, 6.45) is 0. The van der Waals surface area contributed by atoms with Crippen LogP contribution in [0.5, 0.6) is 0 Å². The van der Waals surface area contributed by atoms with Gasteiger partial charge in [-0.25, -0.2) is 4.39 Å². The first-order valence-electron chi connectivity index (χ1n) is 5.88. The molecule has 0 aliphatic rings. The predicted octanol–water partition coefficient (Wildman–Crippen LogP) is 2.18. The number of carbonyl (C=O) groups excluding carboxylic acids is 1. The number of carbonyl (C=O) groups is 1. The second-order valence-corrected chi connectivity index (χ2v) is 5.01. The molecule has 0 aliphatic heterocycles. The summed E-state index contributed by atoms with van der Waals surface area (Å²) in [5.41, 5.74) is 0.0368. The highest BCUT2D eigenvalue weighted by Gasteiger charge is 2.12. The summed E-state index contributed by atoms with van der Waals surface area (Å²) in [4.78, 5) is 14.4. The SMILES string of the molecule is CC(C)N(C)CCNC(=O)c1cc(S)ccc1F. The van der Waals surface area contributed by atoms with Crippen LogP contribution in [0.2, 0.25) is 0 Å². The van der Waals surface area contributed by atoms with Gasteiger partial charge < -0.3 is 10.2 Å². The molecule has 0 unspecified atom stereocenters. The van der Waals surface area contributed by atoms with Crippen LogP contribution in [0.3, 0.4) is 0 Å². The highest BCUT2D eigenvalue weighted by Crippen LogP contribution is 2.13. The van der Waals surface area contributed by atoms with Crippen molar-refractivity contribution < 1.29 is 9.18 Å². The molecule has 0 fully saturated rings. The average Bonchev–Trinajstić information content (AvgIpc) is 2.31. The van der Waals surface area contributed by atoms with E-state index in [0.29, 0.717) is 17.5 Å². The van der Waals surface area contributed by atoms with Crippen LogP contribution in [-0.2, 0) is 0 Å². The Labute approximate surface area is 113 Å². The van der Waals surface area contributed by atoms with E-state index < -0.39 is 11.7 Å². The first-order valence-corrected chi connectivity index (χ1v) is 6.33. The van der Waals surface area contributed by atoms with E-state index in [2.05, 4.69) is 36.7 Å². The maximum Gasteiger partial charge on any atom is 0.254 e. The lowest BCUT2D eigenvalue weighted by molar-refractivity contribution is 0.0944. The van der Waals surface area contributed by atoms with Crippen molar-refractivity contribution in [3.05, 3.63) is 29.6 Å². The molecule has 0 heterocycles. The van der Waals surface area contributed by atoms with Crippen molar-refractivity contribution in [3.8, 4) is 0 Å². The number of nitrogens with one attached hydrogen (secondary N) is 1. The van der Waals surface area contributed by atoms with Crippen LogP contribution in [0.25, 0.3) is 0 Å². The Kier molecular flexibility index (Phi) is 5.62. The molecular weight excluding hydrogens is 251 g/mol. The number of hydrogen-bond acceptors (Lipinski definition) is 3. The van der Waals surface area contributed by atoms with Gasteiger partial charge in [-0.3, -0.25) is 4.79 Å². The first kappa shape index (κ1) is 15.0. The van der Waals surface area contributed by atoms with E-state index in [1.807, 2.05) is 7.05 Å². The molecule has 1 amide bonds. The molecule has 18 heavy (non-hydrogen) atoms. The molecule has 0 aromatic heterocycles. The number of thiol groups is 1. The highest BCUT2D eigenvalue weighted by molar-refractivity contribution is 7.80. The standard InChI is InChI=1S/C13H19FN2OS/c1-9(2)16(3)7-6-15-13(17)11-8-10(18)4-5-12(11)14/h4-5,8-9,18H,6-7H2,1-3H3,(H,15,17). The summed E-state index contributed by atoms with van der Waals surface area (Å²) >= 11 is 4.09. The Morgan fingerprint density at radius 2 is 2.17 bits per heavy atom. The maximum absolute atomic E-state index is 13.4. The molecule has 3 nitrogen and oxygen atoms in total. The predicted molar refractivity (Wildman–Crippen MR) is 73.8 cm³/mol. The normalized spacial score (nSPS) is 11.1. The van der Waals surface area contributed by atoms with Crippen molar-refractivity contribution in [3.63, 3.8) is 0 Å². The summed E-state index contributed by atoms with van der Waals surface area (Å²) in [6.45, 7) is 5.37. The van der Waals surface area contributed by atoms with E-state index in [1.165, 1.54) is 18.2 Å². The lowest BCUT2D eigenvalue weighted by Crippen LogP contribution is -2.36. The molecule has 0 saturated heterocycles. The van der Waals surface area contributed by atoms with Gasteiger partial charge in [0.2, 0.25) is 0 Å². The lowest BCUT2D eigenvalue weighted by atomic mass is 10.2. The Morgan fingerprint density at radius 3 is 2.78 bits per heavy atom. The summed E-state index contributed by atoms with van der Waals surface area (Å²) in [6, 6.07) is 4.61. The van der Waals surface area contributed by atoms with Gasteiger partial charge in [0.15, 0.2) is 0 Å². The van der Waals surface area contributed by atoms with Gasteiger partial charge in [-0.05, 0) is 39.1 Å². The number of likely N-dealkylation sites (N-methyl/N-ethyl adjacent to an activating group) is 1. The van der Waals surface area contributed by atoms with Gasteiger partial charge in [-0.15, -0.1) is 12.6 Å². The van der Waals surface area contributed by atoms with Crippen molar-refractivity contribution >= 4 is 18.5 Å². The quantitative estimate of drug-likeness (QED) is 0.804. The number of amides is 1. The van der Waals surface area contributed by atoms with Gasteiger partial charge >= 0.3 is 0 Å². The summed E-state index contributed by atoms with van der Waals surface area (Å²) in [5, 5.41) is 2.70. The minimum absolute atomic E-state index is 0.0368. The molecule has 1 rings (SSSR count). The van der Waals surface area contributed by atoms with Gasteiger partial charge in [0.05, 0.1) is 5.56 Å². The minimum atomic E-state index is -0.525. The lowest BCUT2D eigenvalue weighted by Gasteiger charge is -2.20. The maximum atomic E-state index is 13.4. The van der Waals surface area contributed by atoms with Gasteiger partial charge in [0, 0.05) is 24.0 Å². The summed E-state index contributed by atoms with van der Waals surface area (Å²) in [5.74, 6) is -0.928. The molecule has 0 spiro atoms. The molecule has 100 valence electrons. The molecular formula is C13H19FN2OS. The third-order valence-electron chi connectivity index (χ3n) is 2.83. The summed E-state index contributed by atoms with van der Waals surface area (Å²) < 4.78 is 13.4. The van der Waals surface area contributed by atoms with E-state index >= 15 is 0 Å². The molecule has 0 saturated carbocycles. The van der Waals surface area contributed by atoms with E-state index in [-0.39, 0.29) is 5.56 Å². The third-order valence-corrected chi connectivity index (χ3v) is 3.10. The van der Waals surface area contributed by atoms with Gasteiger partial charge in [-0.1, -0.05) is 0 Å². The number of nitrogens with zero attached hydrogens (tertiary/aromatic N) is 1. The number of hydrogen-bond donors (Lipinski definition) is 2. The minimum Gasteiger partial charge on any atom is -0.351 e. The van der Waals surface area contributed by atoms with Crippen molar-refractivity contribution in [1.82, 2.24) is 10.2 Å². The molecule has 0 atom stereocenters. The fourth-order valence-corrected chi connectivity index (χ4v) is 1.59. The monoisotopic (exact) mass is 270 g/mol. The van der Waals surface area contributed by atoms with Crippen LogP contribution in [0.4, 0.5) is 4.39 Å². The zero-order chi connectivity index (χ0) is 13.7. The van der Waals surface area contributed by atoms with Gasteiger partial charge in [-0.2, -0.15) is 0 Å². The topological polar surface area (TPSA) is 32.3 Å². The summed E-state index contributed by atoms with van der Waals surface area (Å²) in [7, 11) is 1.98. The van der Waals surface area contributed by atoms with Crippen molar-refractivity contribution in [2.24, 2.45) is 0 Å². The van der Waals surface area contributed by atoms with Gasteiger partial charge in [0.1, 0.15) is 5.82 Å². The average molecular weight is 270 g/mol. The molecule has 0 radical (unpaired) electrons. The van der Waals surface area contributed by atoms with Crippen LogP contribution in [0.1, 0.15) is 24.2 Å². The molecule has 0 bridgehead atoms. The number of rotatable bonds is 5. The van der Waals surface area contributed by atoms with Crippen LogP contribution >= 0.6 is 12.6 Å². The highest BCUT2D eigenvalue weighted by atomic mass is 32.1. The zero-order valence-corrected chi connectivity index (χ0v) is 11.8. The molecule has 1 aromatic rings. The van der Waals surface area contributed by atoms with Crippen LogP contribution < -0.4 is 5.32 Å². The van der Waals surface area contributed by atoms with E-state index in [0.717, 1.165) is 6.54 Å². The molecule has 0 aliphatic carbocycles. The number of halogens is 1. The Hall–Kier alpha value is -1.07. The number of benzene rings is 1. The fourth-order valence-electron chi connectivity index (χ4n) is 1.39. The Balaban J connectivity index is 2.53. The largest absolute Gasteiger partial charge is 0.351 e. The Bertz CT molecular complexity index is 423. The van der Waals surface area contributed by atoms with Crippen molar-refractivity contribution in [2.45, 2.75) is 24.8 Å². The first-order chi connectivity index (χ1) is 8.41. The smallest absolute Gasteiger partial charge is 0.254 e. The Morgan fingerprint density at radius 1 is 1.50 bits per heavy atom. The molecule has 1 N–H and O–H groups in total. The van der Waals surface area contributed by atoms with E-state index in [1.54, 1.807) is 0 Å².